The molecule has 0 aromatic heterocycles. The normalized spacial score (nSPS) is 12.9. The van der Waals surface area contributed by atoms with Crippen molar-refractivity contribution in [1.29, 1.82) is 0 Å². The molecule has 3 nitrogen and oxygen atoms in total. The molecule has 0 heterocycles. The molecule has 264 valence electrons. The van der Waals surface area contributed by atoms with Crippen molar-refractivity contribution in [3.8, 4) is 0 Å². The van der Waals surface area contributed by atoms with Crippen molar-refractivity contribution in [3.05, 3.63) is 24.3 Å². The summed E-state index contributed by atoms with van der Waals surface area (Å²) >= 11 is 0. The van der Waals surface area contributed by atoms with Gasteiger partial charge in [0, 0.05) is 19.3 Å². The van der Waals surface area contributed by atoms with E-state index in [4.69, 9.17) is 0 Å². The Bertz CT molecular complexity index is 717. The summed E-state index contributed by atoms with van der Waals surface area (Å²) in [5.74, 6) is 0.500. The standard InChI is InChI=1S/C42H80NO2/c1-6-8-10-12-14-16-18-20-22-24-26-28-30-32-34-36-41(44)38-40(39-43(3,4)5)42(45)37-35-33-31-29-27-25-23-21-19-17-15-13-11-9-7-2/h20-23,40H,6-19,24-39H2,1-5H3/q+1/b22-20-,23-21-. The molecule has 1 unspecified atom stereocenters. The lowest BCUT2D eigenvalue weighted by Crippen LogP contribution is -2.42. The minimum atomic E-state index is -0.114. The smallest absolute Gasteiger partial charge is 0.142 e. The monoisotopic (exact) mass is 631 g/mol. The molecule has 45 heavy (non-hydrogen) atoms. The van der Waals surface area contributed by atoms with Gasteiger partial charge in [-0.25, -0.2) is 0 Å². The first-order valence-corrected chi connectivity index (χ1v) is 19.9. The number of quaternary nitrogens is 1. The molecule has 0 spiro atoms. The number of rotatable bonds is 35. The van der Waals surface area contributed by atoms with Crippen molar-refractivity contribution in [1.82, 2.24) is 0 Å². The number of Topliss-reactive ketones (excluding diaryl/α,β-unsaturated/α-hetero) is 2. The highest BCUT2D eigenvalue weighted by molar-refractivity contribution is 5.88. The summed E-state index contributed by atoms with van der Waals surface area (Å²) in [5.41, 5.74) is 0. The molecule has 1 atom stereocenters. The van der Waals surface area contributed by atoms with Crippen LogP contribution in [0.5, 0.6) is 0 Å². The van der Waals surface area contributed by atoms with E-state index in [-0.39, 0.29) is 5.92 Å². The summed E-state index contributed by atoms with van der Waals surface area (Å²) in [6.45, 7) is 5.31. The first-order chi connectivity index (χ1) is 21.8. The second-order valence-electron chi connectivity index (χ2n) is 15.0. The number of hydrogen-bond donors (Lipinski definition) is 0. The van der Waals surface area contributed by atoms with Crippen LogP contribution in [0, 0.1) is 5.92 Å². The van der Waals surface area contributed by atoms with Crippen LogP contribution in [0.1, 0.15) is 200 Å². The second kappa shape index (κ2) is 32.7. The van der Waals surface area contributed by atoms with Crippen molar-refractivity contribution < 1.29 is 14.1 Å². The molecule has 0 saturated carbocycles. The van der Waals surface area contributed by atoms with Gasteiger partial charge < -0.3 is 4.48 Å². The maximum absolute atomic E-state index is 13.1. The van der Waals surface area contributed by atoms with Gasteiger partial charge in [0.2, 0.25) is 0 Å². The average molecular weight is 631 g/mol. The number of ketones is 2. The second-order valence-corrected chi connectivity index (χ2v) is 15.0. The molecule has 0 fully saturated rings. The summed E-state index contributed by atoms with van der Waals surface area (Å²) in [4.78, 5) is 25.9. The van der Waals surface area contributed by atoms with Gasteiger partial charge in [0.1, 0.15) is 11.6 Å². The zero-order valence-electron chi connectivity index (χ0n) is 31.4. The number of carbonyl (C=O) groups excluding carboxylic acids is 2. The van der Waals surface area contributed by atoms with Crippen LogP contribution >= 0.6 is 0 Å². The van der Waals surface area contributed by atoms with Crippen LogP contribution in [-0.2, 0) is 9.59 Å². The van der Waals surface area contributed by atoms with Crippen molar-refractivity contribution in [2.24, 2.45) is 5.92 Å². The van der Waals surface area contributed by atoms with Crippen LogP contribution in [0.2, 0.25) is 0 Å². The molecular formula is C42H80NO2+. The van der Waals surface area contributed by atoms with Crippen LogP contribution in [0.3, 0.4) is 0 Å². The van der Waals surface area contributed by atoms with Crippen molar-refractivity contribution in [2.45, 2.75) is 200 Å². The maximum Gasteiger partial charge on any atom is 0.142 e. The van der Waals surface area contributed by atoms with Gasteiger partial charge in [0.25, 0.3) is 0 Å². The molecule has 0 aliphatic carbocycles. The van der Waals surface area contributed by atoms with Crippen LogP contribution in [0.4, 0.5) is 0 Å². The van der Waals surface area contributed by atoms with Gasteiger partial charge in [-0.1, -0.05) is 141 Å². The molecule has 3 heteroatoms. The average Bonchev–Trinajstić information content (AvgIpc) is 3.00. The quantitative estimate of drug-likeness (QED) is 0.0396. The summed E-state index contributed by atoms with van der Waals surface area (Å²) in [6, 6.07) is 0. The molecule has 0 bridgehead atoms. The predicted octanol–water partition coefficient (Wildman–Crippen LogP) is 12.9. The SMILES string of the molecule is CCCCCCCC/C=C\CCCCCCCC(=O)CC(C[N+](C)(C)C)C(=O)CCCCCCC/C=C\CCCCCCCC. The molecule has 0 aliphatic heterocycles. The third kappa shape index (κ3) is 33.9. The number of carbonyl (C=O) groups is 2. The zero-order valence-corrected chi connectivity index (χ0v) is 31.4. The summed E-state index contributed by atoms with van der Waals surface area (Å²) < 4.78 is 0.740. The Morgan fingerprint density at radius 2 is 0.800 bits per heavy atom. The topological polar surface area (TPSA) is 34.1 Å². The first kappa shape index (κ1) is 43.8. The number of allylic oxidation sites excluding steroid dienone is 4. The molecule has 0 rings (SSSR count). The van der Waals surface area contributed by atoms with Gasteiger partial charge in [-0.15, -0.1) is 0 Å². The lowest BCUT2D eigenvalue weighted by Gasteiger charge is -2.28. The highest BCUT2D eigenvalue weighted by atomic mass is 16.1. The number of unbranched alkanes of at least 4 members (excludes halogenated alkanes) is 22. The molecule has 0 amide bonds. The Morgan fingerprint density at radius 3 is 1.18 bits per heavy atom. The molecule has 0 radical (unpaired) electrons. The van der Waals surface area contributed by atoms with E-state index >= 15 is 0 Å². The molecule has 0 saturated heterocycles. The number of hydrogen-bond acceptors (Lipinski definition) is 2. The van der Waals surface area contributed by atoms with Crippen LogP contribution in [0.25, 0.3) is 0 Å². The fourth-order valence-electron chi connectivity index (χ4n) is 6.29. The third-order valence-corrected chi connectivity index (χ3v) is 9.10. The highest BCUT2D eigenvalue weighted by Gasteiger charge is 2.27. The fraction of sp³-hybridized carbons (Fsp3) is 0.857. The summed E-state index contributed by atoms with van der Waals surface area (Å²) in [6.07, 6.45) is 44.3. The van der Waals surface area contributed by atoms with Crippen LogP contribution < -0.4 is 0 Å². The minimum Gasteiger partial charge on any atom is -0.330 e. The van der Waals surface area contributed by atoms with E-state index in [1.54, 1.807) is 0 Å². The predicted molar refractivity (Wildman–Crippen MR) is 200 cm³/mol. The Kier molecular flexibility index (Phi) is 31.8. The van der Waals surface area contributed by atoms with Gasteiger partial charge in [0.15, 0.2) is 0 Å². The largest absolute Gasteiger partial charge is 0.330 e. The zero-order chi connectivity index (χ0) is 33.3. The van der Waals surface area contributed by atoms with Crippen molar-refractivity contribution in [2.75, 3.05) is 27.7 Å². The van der Waals surface area contributed by atoms with Gasteiger partial charge >= 0.3 is 0 Å². The van der Waals surface area contributed by atoms with Gasteiger partial charge in [0.05, 0.1) is 33.6 Å². The summed E-state index contributed by atoms with van der Waals surface area (Å²) in [7, 11) is 6.41. The summed E-state index contributed by atoms with van der Waals surface area (Å²) in [5, 5.41) is 0. The van der Waals surface area contributed by atoms with Crippen LogP contribution in [0.15, 0.2) is 24.3 Å². The Labute approximate surface area is 283 Å². The van der Waals surface area contributed by atoms with Gasteiger partial charge in [-0.3, -0.25) is 9.59 Å². The third-order valence-electron chi connectivity index (χ3n) is 9.10. The van der Waals surface area contributed by atoms with Crippen molar-refractivity contribution >= 4 is 11.6 Å². The Morgan fingerprint density at radius 1 is 0.467 bits per heavy atom. The van der Waals surface area contributed by atoms with E-state index in [0.29, 0.717) is 30.8 Å². The minimum absolute atomic E-state index is 0.114. The molecule has 0 aromatic carbocycles. The van der Waals surface area contributed by atoms with E-state index < -0.39 is 0 Å². The fourth-order valence-corrected chi connectivity index (χ4v) is 6.29. The number of nitrogens with zero attached hydrogens (tertiary/aromatic N) is 1. The molecule has 0 aliphatic rings. The van der Waals surface area contributed by atoms with Crippen molar-refractivity contribution in [3.63, 3.8) is 0 Å². The van der Waals surface area contributed by atoms with E-state index in [2.05, 4.69) is 59.3 Å². The maximum atomic E-state index is 13.1. The van der Waals surface area contributed by atoms with E-state index in [9.17, 15) is 9.59 Å². The highest BCUT2D eigenvalue weighted by Crippen LogP contribution is 2.18. The van der Waals surface area contributed by atoms with E-state index in [1.165, 1.54) is 141 Å². The van der Waals surface area contributed by atoms with E-state index in [0.717, 1.165) is 36.7 Å². The lowest BCUT2D eigenvalue weighted by atomic mass is 9.91. The Balaban J connectivity index is 3.94. The molecule has 0 N–H and O–H groups in total. The first-order valence-electron chi connectivity index (χ1n) is 19.9. The Hall–Kier alpha value is -1.22. The molecular weight excluding hydrogens is 550 g/mol. The van der Waals surface area contributed by atoms with Gasteiger partial charge in [-0.05, 0) is 64.2 Å². The lowest BCUT2D eigenvalue weighted by molar-refractivity contribution is -0.872. The van der Waals surface area contributed by atoms with Crippen LogP contribution in [-0.4, -0.2) is 43.7 Å². The van der Waals surface area contributed by atoms with E-state index in [1.807, 2.05) is 0 Å². The van der Waals surface area contributed by atoms with Gasteiger partial charge in [-0.2, -0.15) is 0 Å². The molecule has 0 aromatic rings.